The van der Waals surface area contributed by atoms with E-state index in [1.54, 1.807) is 0 Å². The zero-order valence-electron chi connectivity index (χ0n) is 11.6. The fraction of sp³-hybridized carbons (Fsp3) is 0.857. The van der Waals surface area contributed by atoms with Crippen LogP contribution < -0.4 is 5.32 Å². The van der Waals surface area contributed by atoms with Crippen molar-refractivity contribution in [2.45, 2.75) is 32.2 Å². The lowest BCUT2D eigenvalue weighted by Gasteiger charge is -2.36. The average Bonchev–Trinajstić information content (AvgIpc) is 3.20. The van der Waals surface area contributed by atoms with Crippen molar-refractivity contribution in [2.75, 3.05) is 32.7 Å². The van der Waals surface area contributed by atoms with Gasteiger partial charge in [0.2, 0.25) is 11.8 Å². The van der Waals surface area contributed by atoms with Gasteiger partial charge in [0, 0.05) is 38.1 Å². The van der Waals surface area contributed by atoms with E-state index in [0.29, 0.717) is 31.0 Å². The van der Waals surface area contributed by atoms with Crippen LogP contribution in [0.4, 0.5) is 0 Å². The number of piperazine rings is 1. The smallest absolute Gasteiger partial charge is 0.227 e. The molecule has 3 aliphatic rings. The van der Waals surface area contributed by atoms with Crippen molar-refractivity contribution in [1.82, 2.24) is 15.1 Å². The molecular formula is C14H23N3O2. The van der Waals surface area contributed by atoms with Crippen LogP contribution in [0.25, 0.3) is 0 Å². The molecule has 19 heavy (non-hydrogen) atoms. The first-order valence-electron chi connectivity index (χ1n) is 7.48. The first-order valence-corrected chi connectivity index (χ1v) is 7.48. The number of nitrogens with one attached hydrogen (secondary N) is 1. The van der Waals surface area contributed by atoms with Gasteiger partial charge >= 0.3 is 0 Å². The van der Waals surface area contributed by atoms with E-state index in [9.17, 15) is 9.59 Å². The van der Waals surface area contributed by atoms with Gasteiger partial charge in [0.05, 0.1) is 5.92 Å². The van der Waals surface area contributed by atoms with Crippen LogP contribution >= 0.6 is 0 Å². The molecule has 1 saturated carbocycles. The third kappa shape index (κ3) is 2.61. The lowest BCUT2D eigenvalue weighted by Crippen LogP contribution is -2.53. The van der Waals surface area contributed by atoms with E-state index in [2.05, 4.69) is 12.2 Å². The highest BCUT2D eigenvalue weighted by Gasteiger charge is 2.37. The molecule has 2 atom stereocenters. The SMILES string of the molecule is CC1NCCC1C(=O)N1CCN(C(=O)C2CC2)CC1. The molecule has 5 nitrogen and oxygen atoms in total. The van der Waals surface area contributed by atoms with Crippen LogP contribution in [-0.2, 0) is 9.59 Å². The molecule has 0 spiro atoms. The van der Waals surface area contributed by atoms with E-state index in [4.69, 9.17) is 0 Å². The Kier molecular flexibility index (Phi) is 3.48. The Bertz CT molecular complexity index is 373. The molecule has 0 bridgehead atoms. The molecule has 2 amide bonds. The number of hydrogen-bond acceptors (Lipinski definition) is 3. The van der Waals surface area contributed by atoms with Crippen molar-refractivity contribution in [2.24, 2.45) is 11.8 Å². The van der Waals surface area contributed by atoms with Crippen molar-refractivity contribution in [3.8, 4) is 0 Å². The van der Waals surface area contributed by atoms with Crippen LogP contribution in [0.15, 0.2) is 0 Å². The monoisotopic (exact) mass is 265 g/mol. The van der Waals surface area contributed by atoms with Gasteiger partial charge in [-0.05, 0) is 32.7 Å². The second kappa shape index (κ2) is 5.12. The summed E-state index contributed by atoms with van der Waals surface area (Å²) in [5.41, 5.74) is 0. The van der Waals surface area contributed by atoms with Crippen molar-refractivity contribution < 1.29 is 9.59 Å². The number of nitrogens with zero attached hydrogens (tertiary/aromatic N) is 2. The van der Waals surface area contributed by atoms with Crippen LogP contribution in [0.2, 0.25) is 0 Å². The van der Waals surface area contributed by atoms with Gasteiger partial charge < -0.3 is 15.1 Å². The predicted octanol–water partition coefficient (Wildman–Crippen LogP) is 0.0652. The van der Waals surface area contributed by atoms with Gasteiger partial charge in [0.15, 0.2) is 0 Å². The first kappa shape index (κ1) is 12.9. The van der Waals surface area contributed by atoms with E-state index in [0.717, 1.165) is 38.9 Å². The quantitative estimate of drug-likeness (QED) is 0.768. The molecule has 0 aromatic rings. The van der Waals surface area contributed by atoms with Crippen LogP contribution in [0, 0.1) is 11.8 Å². The standard InChI is InChI=1S/C14H23N3O2/c1-10-12(4-5-15-10)14(19)17-8-6-16(7-9-17)13(18)11-2-3-11/h10-12,15H,2-9H2,1H3. The van der Waals surface area contributed by atoms with E-state index in [-0.39, 0.29) is 11.8 Å². The van der Waals surface area contributed by atoms with Gasteiger partial charge in [0.1, 0.15) is 0 Å². The molecule has 2 heterocycles. The molecule has 3 rings (SSSR count). The van der Waals surface area contributed by atoms with E-state index < -0.39 is 0 Å². The van der Waals surface area contributed by atoms with E-state index >= 15 is 0 Å². The lowest BCUT2D eigenvalue weighted by atomic mass is 10.00. The minimum Gasteiger partial charge on any atom is -0.339 e. The van der Waals surface area contributed by atoms with Gasteiger partial charge in [-0.25, -0.2) is 0 Å². The lowest BCUT2D eigenvalue weighted by molar-refractivity contribution is -0.142. The Balaban J connectivity index is 1.51. The maximum absolute atomic E-state index is 12.4. The Labute approximate surface area is 114 Å². The summed E-state index contributed by atoms with van der Waals surface area (Å²) in [5, 5.41) is 3.33. The third-order valence-corrected chi connectivity index (χ3v) is 4.67. The highest BCUT2D eigenvalue weighted by atomic mass is 16.2. The molecule has 0 aromatic heterocycles. The molecule has 2 unspecified atom stereocenters. The Hall–Kier alpha value is -1.10. The maximum atomic E-state index is 12.4. The van der Waals surface area contributed by atoms with Crippen molar-refractivity contribution in [3.05, 3.63) is 0 Å². The van der Waals surface area contributed by atoms with Crippen LogP contribution in [0.5, 0.6) is 0 Å². The Morgan fingerprint density at radius 1 is 0.947 bits per heavy atom. The van der Waals surface area contributed by atoms with Gasteiger partial charge in [-0.3, -0.25) is 9.59 Å². The topological polar surface area (TPSA) is 52.7 Å². The maximum Gasteiger partial charge on any atom is 0.227 e. The summed E-state index contributed by atoms with van der Waals surface area (Å²) in [6.07, 6.45) is 3.06. The number of carbonyl (C=O) groups excluding carboxylic acids is 2. The first-order chi connectivity index (χ1) is 9.16. The van der Waals surface area contributed by atoms with Crippen molar-refractivity contribution in [3.63, 3.8) is 0 Å². The summed E-state index contributed by atoms with van der Waals surface area (Å²) in [5.74, 6) is 1.01. The summed E-state index contributed by atoms with van der Waals surface area (Å²) in [6.45, 7) is 5.88. The van der Waals surface area contributed by atoms with E-state index in [1.165, 1.54) is 0 Å². The second-order valence-electron chi connectivity index (χ2n) is 6.06. The summed E-state index contributed by atoms with van der Waals surface area (Å²) in [4.78, 5) is 28.3. The summed E-state index contributed by atoms with van der Waals surface area (Å²) in [7, 11) is 0. The van der Waals surface area contributed by atoms with Crippen LogP contribution in [-0.4, -0.2) is 60.4 Å². The van der Waals surface area contributed by atoms with Gasteiger partial charge in [-0.2, -0.15) is 0 Å². The van der Waals surface area contributed by atoms with Crippen LogP contribution in [0.1, 0.15) is 26.2 Å². The number of rotatable bonds is 2. The van der Waals surface area contributed by atoms with Gasteiger partial charge in [-0.1, -0.05) is 0 Å². The third-order valence-electron chi connectivity index (χ3n) is 4.67. The summed E-state index contributed by atoms with van der Waals surface area (Å²) < 4.78 is 0. The molecular weight excluding hydrogens is 242 g/mol. The average molecular weight is 265 g/mol. The van der Waals surface area contributed by atoms with Crippen molar-refractivity contribution in [1.29, 1.82) is 0 Å². The molecule has 106 valence electrons. The molecule has 0 aromatic carbocycles. The van der Waals surface area contributed by atoms with Crippen molar-refractivity contribution >= 4 is 11.8 Å². The Morgan fingerprint density at radius 2 is 1.53 bits per heavy atom. The molecule has 1 aliphatic carbocycles. The molecule has 5 heteroatoms. The minimum atomic E-state index is 0.130. The summed E-state index contributed by atoms with van der Waals surface area (Å²) in [6, 6.07) is 0.290. The fourth-order valence-corrected chi connectivity index (χ4v) is 3.17. The molecule has 0 radical (unpaired) electrons. The minimum absolute atomic E-state index is 0.130. The van der Waals surface area contributed by atoms with Crippen LogP contribution in [0.3, 0.4) is 0 Å². The number of amides is 2. The number of hydrogen-bond donors (Lipinski definition) is 1. The highest BCUT2D eigenvalue weighted by molar-refractivity contribution is 5.82. The number of carbonyl (C=O) groups is 2. The predicted molar refractivity (Wildman–Crippen MR) is 71.5 cm³/mol. The zero-order valence-corrected chi connectivity index (χ0v) is 11.6. The Morgan fingerprint density at radius 3 is 2.00 bits per heavy atom. The molecule has 2 aliphatic heterocycles. The largest absolute Gasteiger partial charge is 0.339 e. The highest BCUT2D eigenvalue weighted by Crippen LogP contribution is 2.31. The van der Waals surface area contributed by atoms with Gasteiger partial charge in [-0.15, -0.1) is 0 Å². The second-order valence-corrected chi connectivity index (χ2v) is 6.06. The molecule has 3 fully saturated rings. The molecule has 1 N–H and O–H groups in total. The molecule has 2 saturated heterocycles. The summed E-state index contributed by atoms with van der Waals surface area (Å²) >= 11 is 0. The normalized spacial score (nSPS) is 31.6. The fourth-order valence-electron chi connectivity index (χ4n) is 3.17. The zero-order chi connectivity index (χ0) is 13.4. The van der Waals surface area contributed by atoms with E-state index in [1.807, 2.05) is 9.80 Å². The van der Waals surface area contributed by atoms with Gasteiger partial charge in [0.25, 0.3) is 0 Å².